The van der Waals surface area contributed by atoms with Gasteiger partial charge in [0.05, 0.1) is 12.7 Å². The molecule has 1 aromatic rings. The number of nitrogens with one attached hydrogen (secondary N) is 3. The number of likely N-dealkylation sites (tertiary alicyclic amines) is 1. The van der Waals surface area contributed by atoms with E-state index in [0.717, 1.165) is 37.9 Å². The maximum Gasteiger partial charge on any atom is 0.317 e. The summed E-state index contributed by atoms with van der Waals surface area (Å²) in [5, 5.41) is 9.99. The summed E-state index contributed by atoms with van der Waals surface area (Å²) in [5.74, 6) is 0.565. The van der Waals surface area contributed by atoms with Crippen molar-refractivity contribution >= 4 is 23.5 Å². The van der Waals surface area contributed by atoms with E-state index in [2.05, 4.69) is 16.0 Å². The minimum Gasteiger partial charge on any atom is -0.383 e. The highest BCUT2D eigenvalue weighted by molar-refractivity contribution is 6.30. The molecular weight excluding hydrogens is 492 g/mol. The van der Waals surface area contributed by atoms with Crippen LogP contribution in [0.25, 0.3) is 0 Å². The highest BCUT2D eigenvalue weighted by Gasteiger charge is 2.32. The average molecular weight is 537 g/mol. The molecule has 1 aliphatic heterocycles. The van der Waals surface area contributed by atoms with E-state index >= 15 is 0 Å². The van der Waals surface area contributed by atoms with Crippen molar-refractivity contribution < 1.29 is 19.1 Å². The van der Waals surface area contributed by atoms with Crippen molar-refractivity contribution in [1.82, 2.24) is 20.9 Å². The molecule has 1 heterocycles. The molecule has 1 saturated heterocycles. The maximum absolute atomic E-state index is 13.3. The lowest BCUT2D eigenvalue weighted by atomic mass is 9.85. The second-order valence-electron chi connectivity index (χ2n) is 10.4. The maximum atomic E-state index is 13.3. The molecule has 1 aliphatic carbocycles. The first-order chi connectivity index (χ1) is 18.0. The van der Waals surface area contributed by atoms with Gasteiger partial charge in [-0.15, -0.1) is 0 Å². The van der Waals surface area contributed by atoms with E-state index in [4.69, 9.17) is 21.1 Å². The molecule has 2 fully saturated rings. The summed E-state index contributed by atoms with van der Waals surface area (Å²) in [6, 6.07) is 7.70. The average Bonchev–Trinajstić information content (AvgIpc) is 2.90. The summed E-state index contributed by atoms with van der Waals surface area (Å²) >= 11 is 6.29. The van der Waals surface area contributed by atoms with Crippen molar-refractivity contribution in [3.63, 3.8) is 0 Å². The molecule has 1 aromatic carbocycles. The lowest BCUT2D eigenvalue weighted by Gasteiger charge is -2.38. The van der Waals surface area contributed by atoms with Gasteiger partial charge in [-0.05, 0) is 49.9 Å². The van der Waals surface area contributed by atoms with Crippen molar-refractivity contribution in [3.8, 4) is 0 Å². The zero-order valence-corrected chi connectivity index (χ0v) is 23.2. The number of piperidine rings is 1. The first-order valence-electron chi connectivity index (χ1n) is 13.8. The van der Waals surface area contributed by atoms with Gasteiger partial charge in [0.1, 0.15) is 6.61 Å². The summed E-state index contributed by atoms with van der Waals surface area (Å²) in [6.45, 7) is 2.89. The molecule has 0 spiro atoms. The smallest absolute Gasteiger partial charge is 0.317 e. The number of carbonyl (C=O) groups is 2. The van der Waals surface area contributed by atoms with Crippen LogP contribution in [0.15, 0.2) is 24.3 Å². The normalized spacial score (nSPS) is 20.3. The van der Waals surface area contributed by atoms with E-state index in [1.807, 2.05) is 36.2 Å². The fourth-order valence-electron chi connectivity index (χ4n) is 5.67. The summed E-state index contributed by atoms with van der Waals surface area (Å²) < 4.78 is 11.2. The van der Waals surface area contributed by atoms with Crippen LogP contribution in [0.5, 0.6) is 0 Å². The number of urea groups is 1. The Morgan fingerprint density at radius 1 is 1.16 bits per heavy atom. The fraction of sp³-hybridized carbons (Fsp3) is 0.714. The molecule has 0 bridgehead atoms. The Kier molecular flexibility index (Phi) is 13.0. The summed E-state index contributed by atoms with van der Waals surface area (Å²) in [7, 11) is 3.54. The van der Waals surface area contributed by atoms with Crippen LogP contribution in [0.2, 0.25) is 5.02 Å². The van der Waals surface area contributed by atoms with E-state index in [9.17, 15) is 9.59 Å². The molecular formula is C28H45ClN4O4. The fourth-order valence-corrected chi connectivity index (χ4v) is 5.87. The zero-order valence-electron chi connectivity index (χ0n) is 22.5. The number of nitrogens with zero attached hydrogens (tertiary/aromatic N) is 1. The van der Waals surface area contributed by atoms with Crippen LogP contribution in [-0.2, 0) is 14.3 Å². The van der Waals surface area contributed by atoms with E-state index in [1.54, 1.807) is 7.11 Å². The van der Waals surface area contributed by atoms with Gasteiger partial charge < -0.3 is 30.3 Å². The third kappa shape index (κ3) is 10.1. The predicted octanol–water partition coefficient (Wildman–Crippen LogP) is 4.14. The Labute approximate surface area is 227 Å². The quantitative estimate of drug-likeness (QED) is 0.330. The highest BCUT2D eigenvalue weighted by atomic mass is 35.5. The molecule has 0 aromatic heterocycles. The number of hydrogen-bond acceptors (Lipinski definition) is 5. The van der Waals surface area contributed by atoms with Gasteiger partial charge in [-0.1, -0.05) is 55.8 Å². The van der Waals surface area contributed by atoms with Gasteiger partial charge in [-0.25, -0.2) is 4.79 Å². The minimum atomic E-state index is -0.335. The molecule has 2 aliphatic rings. The summed E-state index contributed by atoms with van der Waals surface area (Å²) in [6.07, 6.45) is 8.95. The lowest BCUT2D eigenvalue weighted by molar-refractivity contribution is -0.129. The molecule has 0 radical (unpaired) electrons. The van der Waals surface area contributed by atoms with Gasteiger partial charge in [0.15, 0.2) is 0 Å². The number of amides is 3. The third-order valence-corrected chi connectivity index (χ3v) is 7.73. The van der Waals surface area contributed by atoms with Gasteiger partial charge in [0, 0.05) is 50.3 Å². The van der Waals surface area contributed by atoms with Gasteiger partial charge in [-0.3, -0.25) is 4.79 Å². The lowest BCUT2D eigenvalue weighted by Crippen LogP contribution is -2.52. The topological polar surface area (TPSA) is 91.9 Å². The monoisotopic (exact) mass is 536 g/mol. The summed E-state index contributed by atoms with van der Waals surface area (Å²) in [4.78, 5) is 27.6. The molecule has 3 N–H and O–H groups in total. The van der Waals surface area contributed by atoms with Gasteiger partial charge in [0.25, 0.3) is 0 Å². The molecule has 3 amide bonds. The predicted molar refractivity (Wildman–Crippen MR) is 147 cm³/mol. The Hall–Kier alpha value is -1.87. The molecule has 3 atom stereocenters. The number of carbonyl (C=O) groups excluding carboxylic acids is 2. The largest absolute Gasteiger partial charge is 0.383 e. The second-order valence-corrected chi connectivity index (χ2v) is 10.9. The molecule has 9 heteroatoms. The third-order valence-electron chi connectivity index (χ3n) is 7.49. The number of ether oxygens (including phenoxy) is 2. The zero-order chi connectivity index (χ0) is 26.5. The number of benzene rings is 1. The van der Waals surface area contributed by atoms with Crippen molar-refractivity contribution in [2.75, 3.05) is 53.6 Å². The molecule has 37 heavy (non-hydrogen) atoms. The minimum absolute atomic E-state index is 0.0112. The molecule has 0 unspecified atom stereocenters. The van der Waals surface area contributed by atoms with Crippen LogP contribution in [0, 0.1) is 11.8 Å². The van der Waals surface area contributed by atoms with Crippen LogP contribution in [-0.4, -0.2) is 76.4 Å². The Balaban J connectivity index is 1.63. The van der Waals surface area contributed by atoms with Crippen molar-refractivity contribution in [2.45, 2.75) is 63.5 Å². The summed E-state index contributed by atoms with van der Waals surface area (Å²) in [5.41, 5.74) is 0.926. The SMILES string of the molecule is CNC[C@@H](CC1CCCCC1)NC(=O)N1CCC[C@H]([C@@H](OCC(=O)NCCOC)c2cccc(Cl)c2)C1. The molecule has 1 saturated carbocycles. The van der Waals surface area contributed by atoms with Crippen LogP contribution in [0.1, 0.15) is 63.0 Å². The van der Waals surface area contributed by atoms with Crippen LogP contribution >= 0.6 is 11.6 Å². The molecule has 208 valence electrons. The van der Waals surface area contributed by atoms with Crippen molar-refractivity contribution in [2.24, 2.45) is 11.8 Å². The first-order valence-corrected chi connectivity index (χ1v) is 14.2. The standard InChI is InChI=1S/C28H45ClN4O4/c1-30-18-25(16-21-8-4-3-5-9-21)32-28(35)33-14-7-11-23(19-33)27(22-10-6-12-24(29)17-22)37-20-26(34)31-13-15-36-2/h6,10,12,17,21,23,25,27,30H,3-5,7-9,11,13-16,18-20H2,1-2H3,(H,31,34)(H,32,35)/t23-,25+,27-/m0/s1. The number of rotatable bonds is 13. The number of methoxy groups -OCH3 is 1. The number of hydrogen-bond donors (Lipinski definition) is 3. The van der Waals surface area contributed by atoms with Gasteiger partial charge in [0.2, 0.25) is 5.91 Å². The van der Waals surface area contributed by atoms with E-state index in [0.29, 0.717) is 30.6 Å². The van der Waals surface area contributed by atoms with Crippen LogP contribution in [0.4, 0.5) is 4.79 Å². The van der Waals surface area contributed by atoms with Gasteiger partial charge in [-0.2, -0.15) is 0 Å². The molecule has 3 rings (SSSR count). The second kappa shape index (κ2) is 16.2. The molecule has 8 nitrogen and oxygen atoms in total. The first kappa shape index (κ1) is 29.7. The Morgan fingerprint density at radius 3 is 2.70 bits per heavy atom. The van der Waals surface area contributed by atoms with E-state index < -0.39 is 0 Å². The number of halogens is 1. The van der Waals surface area contributed by atoms with Gasteiger partial charge >= 0.3 is 6.03 Å². The van der Waals surface area contributed by atoms with E-state index in [1.165, 1.54) is 32.1 Å². The van der Waals surface area contributed by atoms with Crippen molar-refractivity contribution in [1.29, 1.82) is 0 Å². The Bertz CT molecular complexity index is 836. The van der Waals surface area contributed by atoms with Crippen molar-refractivity contribution in [3.05, 3.63) is 34.9 Å². The Morgan fingerprint density at radius 2 is 1.97 bits per heavy atom. The van der Waals surface area contributed by atoms with Crippen LogP contribution in [0.3, 0.4) is 0 Å². The number of likely N-dealkylation sites (N-methyl/N-ethyl adjacent to an activating group) is 1. The van der Waals surface area contributed by atoms with E-state index in [-0.39, 0.29) is 36.6 Å². The highest BCUT2D eigenvalue weighted by Crippen LogP contribution is 2.34. The van der Waals surface area contributed by atoms with Crippen LogP contribution < -0.4 is 16.0 Å².